The molecule has 0 amide bonds. The Morgan fingerprint density at radius 3 is 2.89 bits per heavy atom. The molecule has 2 aromatic rings. The Labute approximate surface area is 110 Å². The van der Waals surface area contributed by atoms with Crippen molar-refractivity contribution in [2.24, 2.45) is 0 Å². The van der Waals surface area contributed by atoms with Gasteiger partial charge in [0.15, 0.2) is 5.82 Å². The number of nitrogens with two attached hydrogens (primary N) is 1. The first-order valence-electron chi connectivity index (χ1n) is 5.95. The van der Waals surface area contributed by atoms with E-state index in [1.54, 1.807) is 17.9 Å². The molecule has 1 unspecified atom stereocenters. The van der Waals surface area contributed by atoms with E-state index >= 15 is 0 Å². The number of halogens is 1. The molecule has 0 aliphatic carbocycles. The number of anilines is 1. The maximum atomic E-state index is 13.4. The van der Waals surface area contributed by atoms with Crippen molar-refractivity contribution >= 4 is 5.69 Å². The Morgan fingerprint density at radius 1 is 1.42 bits per heavy atom. The van der Waals surface area contributed by atoms with Gasteiger partial charge >= 0.3 is 0 Å². The lowest BCUT2D eigenvalue weighted by atomic mass is 10.1. The van der Waals surface area contributed by atoms with E-state index in [1.165, 1.54) is 12.1 Å². The van der Waals surface area contributed by atoms with Gasteiger partial charge in [0.25, 0.3) is 0 Å². The summed E-state index contributed by atoms with van der Waals surface area (Å²) in [5, 5.41) is 11.5. The molecule has 0 saturated carbocycles. The Morgan fingerprint density at radius 2 is 2.21 bits per heavy atom. The number of aromatic nitrogens is 4. The molecular formula is C12H16FN5O. The van der Waals surface area contributed by atoms with Crippen LogP contribution in [0.1, 0.15) is 19.4 Å². The maximum absolute atomic E-state index is 13.4. The van der Waals surface area contributed by atoms with Crippen molar-refractivity contribution < 1.29 is 9.13 Å². The van der Waals surface area contributed by atoms with E-state index < -0.39 is 5.82 Å². The van der Waals surface area contributed by atoms with Gasteiger partial charge in [-0.1, -0.05) is 0 Å². The molecule has 7 heteroatoms. The summed E-state index contributed by atoms with van der Waals surface area (Å²) in [6.07, 6.45) is 0.763. The molecule has 0 saturated heterocycles. The molecule has 2 N–H and O–H groups in total. The molecule has 1 heterocycles. The molecule has 19 heavy (non-hydrogen) atoms. The van der Waals surface area contributed by atoms with Crippen LogP contribution in [0.5, 0.6) is 0 Å². The molecule has 0 spiro atoms. The van der Waals surface area contributed by atoms with E-state index in [1.807, 2.05) is 6.92 Å². The van der Waals surface area contributed by atoms with Crippen LogP contribution in [0, 0.1) is 5.82 Å². The highest BCUT2D eigenvalue weighted by Gasteiger charge is 2.15. The topological polar surface area (TPSA) is 78.8 Å². The van der Waals surface area contributed by atoms with Gasteiger partial charge in [0.05, 0.1) is 6.04 Å². The Bertz CT molecular complexity index is 537. The minimum Gasteiger partial charge on any atom is -0.399 e. The molecule has 0 fully saturated rings. The van der Waals surface area contributed by atoms with E-state index in [9.17, 15) is 4.39 Å². The molecule has 0 bridgehead atoms. The molecule has 0 aliphatic heterocycles. The smallest absolute Gasteiger partial charge is 0.182 e. The predicted molar refractivity (Wildman–Crippen MR) is 68.8 cm³/mol. The second-order valence-corrected chi connectivity index (χ2v) is 4.35. The van der Waals surface area contributed by atoms with Crippen molar-refractivity contribution in [1.29, 1.82) is 0 Å². The van der Waals surface area contributed by atoms with Crippen molar-refractivity contribution in [3.63, 3.8) is 0 Å². The van der Waals surface area contributed by atoms with Crippen LogP contribution in [0.25, 0.3) is 11.4 Å². The highest BCUT2D eigenvalue weighted by Crippen LogP contribution is 2.23. The molecule has 6 nitrogen and oxygen atoms in total. The van der Waals surface area contributed by atoms with Gasteiger partial charge in [0.2, 0.25) is 0 Å². The molecule has 1 aromatic heterocycles. The first-order chi connectivity index (χ1) is 9.11. The number of rotatable bonds is 5. The predicted octanol–water partition coefficient (Wildman–Crippen LogP) is 1.66. The lowest BCUT2D eigenvalue weighted by Crippen LogP contribution is -2.11. The minimum absolute atomic E-state index is 0.0504. The number of tetrazole rings is 1. The van der Waals surface area contributed by atoms with Crippen LogP contribution in [0.15, 0.2) is 18.2 Å². The van der Waals surface area contributed by atoms with Gasteiger partial charge in [0.1, 0.15) is 5.82 Å². The van der Waals surface area contributed by atoms with E-state index in [0.29, 0.717) is 23.7 Å². The average Bonchev–Trinajstić information content (AvgIpc) is 2.84. The van der Waals surface area contributed by atoms with Crippen LogP contribution in [0.3, 0.4) is 0 Å². The zero-order chi connectivity index (χ0) is 13.8. The fourth-order valence-corrected chi connectivity index (χ4v) is 1.83. The van der Waals surface area contributed by atoms with Gasteiger partial charge < -0.3 is 10.5 Å². The van der Waals surface area contributed by atoms with Gasteiger partial charge in [0, 0.05) is 25.0 Å². The summed E-state index contributed by atoms with van der Waals surface area (Å²) in [6.45, 7) is 2.58. The van der Waals surface area contributed by atoms with Crippen LogP contribution in [-0.2, 0) is 4.74 Å². The summed E-state index contributed by atoms with van der Waals surface area (Å²) in [5.74, 6) is 0.0869. The molecule has 1 atom stereocenters. The van der Waals surface area contributed by atoms with Crippen LogP contribution in [-0.4, -0.2) is 33.9 Å². The molecule has 0 aliphatic rings. The van der Waals surface area contributed by atoms with E-state index in [2.05, 4.69) is 15.5 Å². The monoisotopic (exact) mass is 265 g/mol. The van der Waals surface area contributed by atoms with E-state index in [0.717, 1.165) is 6.42 Å². The maximum Gasteiger partial charge on any atom is 0.182 e. The lowest BCUT2D eigenvalue weighted by molar-refractivity contribution is 0.178. The third-order valence-corrected chi connectivity index (χ3v) is 2.83. The number of nitrogen functional groups attached to an aromatic ring is 1. The highest BCUT2D eigenvalue weighted by atomic mass is 19.1. The molecule has 2 rings (SSSR count). The third-order valence-electron chi connectivity index (χ3n) is 2.83. The first kappa shape index (κ1) is 13.4. The van der Waals surface area contributed by atoms with Crippen molar-refractivity contribution in [3.05, 3.63) is 24.0 Å². The summed E-state index contributed by atoms with van der Waals surface area (Å²) in [5.41, 5.74) is 6.54. The average molecular weight is 265 g/mol. The first-order valence-corrected chi connectivity index (χ1v) is 5.95. The fourth-order valence-electron chi connectivity index (χ4n) is 1.83. The van der Waals surface area contributed by atoms with Crippen molar-refractivity contribution in [1.82, 2.24) is 20.2 Å². The summed E-state index contributed by atoms with van der Waals surface area (Å²) in [4.78, 5) is 0. The molecular weight excluding hydrogens is 249 g/mol. The summed E-state index contributed by atoms with van der Waals surface area (Å²) in [6, 6.07) is 4.32. The van der Waals surface area contributed by atoms with Crippen LogP contribution in [0.4, 0.5) is 10.1 Å². The molecule has 102 valence electrons. The summed E-state index contributed by atoms with van der Waals surface area (Å²) >= 11 is 0. The molecule has 0 radical (unpaired) electrons. The lowest BCUT2D eigenvalue weighted by Gasteiger charge is -2.13. The number of hydrogen-bond donors (Lipinski definition) is 1. The quantitative estimate of drug-likeness (QED) is 0.832. The summed E-state index contributed by atoms with van der Waals surface area (Å²) < 4.78 is 20.1. The molecule has 1 aromatic carbocycles. The third kappa shape index (κ3) is 3.05. The number of benzene rings is 1. The van der Waals surface area contributed by atoms with Gasteiger partial charge in [-0.05, 0) is 42.0 Å². The van der Waals surface area contributed by atoms with Gasteiger partial charge in [-0.15, -0.1) is 5.10 Å². The zero-order valence-corrected chi connectivity index (χ0v) is 10.9. The Hall–Kier alpha value is -2.02. The Kier molecular flexibility index (Phi) is 4.06. The highest BCUT2D eigenvalue weighted by molar-refractivity contribution is 5.61. The Balaban J connectivity index is 2.32. The van der Waals surface area contributed by atoms with Gasteiger partial charge in [-0.3, -0.25) is 0 Å². The van der Waals surface area contributed by atoms with Crippen molar-refractivity contribution in [2.45, 2.75) is 19.4 Å². The van der Waals surface area contributed by atoms with E-state index in [4.69, 9.17) is 10.5 Å². The fraction of sp³-hybridized carbons (Fsp3) is 0.417. The SMILES string of the molecule is COCCC(C)n1nnnc1-c1cc(N)cc(F)c1. The second kappa shape index (κ2) is 5.75. The van der Waals surface area contributed by atoms with Crippen LogP contribution in [0.2, 0.25) is 0 Å². The zero-order valence-electron chi connectivity index (χ0n) is 10.9. The van der Waals surface area contributed by atoms with Crippen LogP contribution >= 0.6 is 0 Å². The number of ether oxygens (including phenoxy) is 1. The number of hydrogen-bond acceptors (Lipinski definition) is 5. The summed E-state index contributed by atoms with van der Waals surface area (Å²) in [7, 11) is 1.64. The van der Waals surface area contributed by atoms with Gasteiger partial charge in [-0.25, -0.2) is 9.07 Å². The van der Waals surface area contributed by atoms with Gasteiger partial charge in [-0.2, -0.15) is 0 Å². The number of methoxy groups -OCH3 is 1. The van der Waals surface area contributed by atoms with Crippen molar-refractivity contribution in [3.8, 4) is 11.4 Å². The standard InChI is InChI=1S/C12H16FN5O/c1-8(3-4-19-2)18-12(15-16-17-18)9-5-10(13)7-11(14)6-9/h5-8H,3-4,14H2,1-2H3. The van der Waals surface area contributed by atoms with Crippen molar-refractivity contribution in [2.75, 3.05) is 19.5 Å². The van der Waals surface area contributed by atoms with Crippen LogP contribution < -0.4 is 5.73 Å². The van der Waals surface area contributed by atoms with E-state index in [-0.39, 0.29) is 6.04 Å². The normalized spacial score (nSPS) is 12.6. The largest absolute Gasteiger partial charge is 0.399 e. The second-order valence-electron chi connectivity index (χ2n) is 4.35. The minimum atomic E-state index is -0.408. The number of nitrogens with zero attached hydrogens (tertiary/aromatic N) is 4.